The molecule has 0 aliphatic carbocycles. The molecule has 3 aromatic rings. The zero-order valence-corrected chi connectivity index (χ0v) is 25.9. The van der Waals surface area contributed by atoms with Crippen molar-refractivity contribution in [2.75, 3.05) is 24.2 Å². The summed E-state index contributed by atoms with van der Waals surface area (Å²) in [6, 6.07) is 20.7. The normalized spacial score (nSPS) is 12.4. The highest BCUT2D eigenvalue weighted by Gasteiger charge is 2.35. The van der Waals surface area contributed by atoms with Crippen LogP contribution in [0.5, 0.6) is 5.75 Å². The predicted molar refractivity (Wildman–Crippen MR) is 164 cm³/mol. The Hall–Kier alpha value is -3.56. The van der Waals surface area contributed by atoms with E-state index in [1.807, 2.05) is 82.3 Å². The number of nitrogens with zero attached hydrogens (tertiary/aromatic N) is 2. The molecule has 1 N–H and O–H groups in total. The molecule has 0 fully saturated rings. The number of hydrogen-bond acceptors (Lipinski definition) is 5. The Balaban J connectivity index is 2.12. The zero-order valence-electron chi connectivity index (χ0n) is 24.3. The third-order valence-electron chi connectivity index (χ3n) is 6.29. The van der Waals surface area contributed by atoms with Gasteiger partial charge in [0.25, 0.3) is 0 Å². The van der Waals surface area contributed by atoms with Gasteiger partial charge >= 0.3 is 0 Å². The van der Waals surface area contributed by atoms with Crippen LogP contribution in [0, 0.1) is 6.92 Å². The number of amides is 2. The summed E-state index contributed by atoms with van der Waals surface area (Å²) in [5.74, 6) is -0.651. The Labute approximate surface area is 248 Å². The molecule has 0 saturated carbocycles. The number of methoxy groups -OCH3 is 1. The molecule has 1 atom stereocenters. The SMILES string of the molecule is COc1ccc(Cl)cc1N(CC(=O)N(Cc1cccc(C)c1)C(Cc1ccccc1)C(=O)NC(C)(C)C)S(C)(=O)=O. The van der Waals surface area contributed by atoms with Crippen molar-refractivity contribution < 1.29 is 22.7 Å². The standard InChI is InChI=1S/C31H38ClN3O5S/c1-22-11-10-14-24(17-22)20-34(27(30(37)33-31(2,3)4)18-23-12-8-7-9-13-23)29(36)21-35(41(6,38)39)26-19-25(32)15-16-28(26)40-5/h7-17,19,27H,18,20-21H2,1-6H3,(H,33,37). The van der Waals surface area contributed by atoms with Gasteiger partial charge in [-0.2, -0.15) is 0 Å². The summed E-state index contributed by atoms with van der Waals surface area (Å²) in [6.45, 7) is 7.09. The maximum absolute atomic E-state index is 14.2. The first-order valence-corrected chi connectivity index (χ1v) is 15.4. The molecular weight excluding hydrogens is 562 g/mol. The van der Waals surface area contributed by atoms with Gasteiger partial charge in [0.05, 0.1) is 19.1 Å². The number of carbonyl (C=O) groups is 2. The molecule has 0 aliphatic heterocycles. The molecule has 0 heterocycles. The van der Waals surface area contributed by atoms with Crippen molar-refractivity contribution in [3.8, 4) is 5.75 Å². The Morgan fingerprint density at radius 1 is 0.976 bits per heavy atom. The lowest BCUT2D eigenvalue weighted by Crippen LogP contribution is -2.56. The van der Waals surface area contributed by atoms with Gasteiger partial charge in [-0.05, 0) is 57.0 Å². The molecule has 2 amide bonds. The van der Waals surface area contributed by atoms with Crippen LogP contribution in [0.1, 0.15) is 37.5 Å². The lowest BCUT2D eigenvalue weighted by atomic mass is 10.0. The van der Waals surface area contributed by atoms with Crippen molar-refractivity contribution in [3.05, 3.63) is 94.5 Å². The van der Waals surface area contributed by atoms with Crippen LogP contribution in [0.15, 0.2) is 72.8 Å². The number of nitrogens with one attached hydrogen (secondary N) is 1. The van der Waals surface area contributed by atoms with Gasteiger partial charge in [0.2, 0.25) is 21.8 Å². The van der Waals surface area contributed by atoms with Gasteiger partial charge < -0.3 is 15.0 Å². The van der Waals surface area contributed by atoms with Crippen LogP contribution >= 0.6 is 11.6 Å². The summed E-state index contributed by atoms with van der Waals surface area (Å²) >= 11 is 6.21. The van der Waals surface area contributed by atoms with Crippen LogP contribution < -0.4 is 14.4 Å². The molecule has 10 heteroatoms. The van der Waals surface area contributed by atoms with Gasteiger partial charge in [-0.15, -0.1) is 0 Å². The van der Waals surface area contributed by atoms with E-state index >= 15 is 0 Å². The first-order chi connectivity index (χ1) is 19.2. The lowest BCUT2D eigenvalue weighted by molar-refractivity contribution is -0.140. The van der Waals surface area contributed by atoms with E-state index in [9.17, 15) is 18.0 Å². The zero-order chi connectivity index (χ0) is 30.4. The molecule has 0 radical (unpaired) electrons. The molecule has 0 aromatic heterocycles. The monoisotopic (exact) mass is 599 g/mol. The van der Waals surface area contributed by atoms with Crippen LogP contribution in [0.3, 0.4) is 0 Å². The largest absolute Gasteiger partial charge is 0.495 e. The second kappa shape index (κ2) is 13.4. The number of carbonyl (C=O) groups excluding carboxylic acids is 2. The fraction of sp³-hybridized carbons (Fsp3) is 0.355. The smallest absolute Gasteiger partial charge is 0.244 e. The number of aryl methyl sites for hydroxylation is 1. The van der Waals surface area contributed by atoms with Crippen LogP contribution in [0.4, 0.5) is 5.69 Å². The van der Waals surface area contributed by atoms with Gasteiger partial charge in [0.1, 0.15) is 18.3 Å². The van der Waals surface area contributed by atoms with Crippen LogP contribution in [0.25, 0.3) is 0 Å². The second-order valence-electron chi connectivity index (χ2n) is 11.0. The molecule has 8 nitrogen and oxygen atoms in total. The van der Waals surface area contributed by atoms with E-state index in [0.29, 0.717) is 0 Å². The van der Waals surface area contributed by atoms with Crippen molar-refractivity contribution in [1.82, 2.24) is 10.2 Å². The van der Waals surface area contributed by atoms with Gasteiger partial charge in [0, 0.05) is 23.5 Å². The molecule has 0 spiro atoms. The van der Waals surface area contributed by atoms with Crippen molar-refractivity contribution in [2.24, 2.45) is 0 Å². The highest BCUT2D eigenvalue weighted by molar-refractivity contribution is 7.92. The van der Waals surface area contributed by atoms with Crippen LogP contribution in [0.2, 0.25) is 5.02 Å². The fourth-order valence-corrected chi connectivity index (χ4v) is 5.48. The molecule has 3 aromatic carbocycles. The predicted octanol–water partition coefficient (Wildman–Crippen LogP) is 4.98. The number of ether oxygens (including phenoxy) is 1. The van der Waals surface area contributed by atoms with Gasteiger partial charge in [0.15, 0.2) is 0 Å². The first kappa shape index (κ1) is 32.0. The Bertz CT molecular complexity index is 1470. The number of halogens is 1. The van der Waals surface area contributed by atoms with E-state index in [-0.39, 0.29) is 35.3 Å². The summed E-state index contributed by atoms with van der Waals surface area (Å²) in [5.41, 5.74) is 2.24. The minimum atomic E-state index is -3.96. The van der Waals surface area contributed by atoms with E-state index in [2.05, 4.69) is 5.32 Å². The Morgan fingerprint density at radius 3 is 2.22 bits per heavy atom. The number of anilines is 1. The summed E-state index contributed by atoms with van der Waals surface area (Å²) < 4.78 is 32.4. The van der Waals surface area contributed by atoms with E-state index in [4.69, 9.17) is 16.3 Å². The average Bonchev–Trinajstić information content (AvgIpc) is 2.88. The summed E-state index contributed by atoms with van der Waals surface area (Å²) in [7, 11) is -2.55. The Morgan fingerprint density at radius 2 is 1.63 bits per heavy atom. The molecule has 0 saturated heterocycles. The quantitative estimate of drug-likeness (QED) is 0.335. The Kier molecular flexibility index (Phi) is 10.4. The van der Waals surface area contributed by atoms with E-state index in [1.54, 1.807) is 12.1 Å². The minimum absolute atomic E-state index is 0.0971. The van der Waals surface area contributed by atoms with Crippen LogP contribution in [-0.4, -0.2) is 56.6 Å². The van der Waals surface area contributed by atoms with Gasteiger partial charge in [-0.3, -0.25) is 13.9 Å². The maximum Gasteiger partial charge on any atom is 0.244 e. The number of sulfonamides is 1. The van der Waals surface area contributed by atoms with E-state index < -0.39 is 34.1 Å². The summed E-state index contributed by atoms with van der Waals surface area (Å²) in [5, 5.41) is 3.29. The third kappa shape index (κ3) is 9.23. The van der Waals surface area contributed by atoms with Crippen molar-refractivity contribution in [2.45, 2.75) is 52.2 Å². The fourth-order valence-electron chi connectivity index (χ4n) is 4.47. The molecule has 220 valence electrons. The van der Waals surface area contributed by atoms with E-state index in [0.717, 1.165) is 27.3 Å². The van der Waals surface area contributed by atoms with E-state index in [1.165, 1.54) is 18.1 Å². The molecule has 3 rings (SSSR count). The maximum atomic E-state index is 14.2. The highest BCUT2D eigenvalue weighted by Crippen LogP contribution is 2.33. The minimum Gasteiger partial charge on any atom is -0.495 e. The number of rotatable bonds is 11. The molecular formula is C31H38ClN3O5S. The highest BCUT2D eigenvalue weighted by atomic mass is 35.5. The van der Waals surface area contributed by atoms with Crippen molar-refractivity contribution in [1.29, 1.82) is 0 Å². The molecule has 41 heavy (non-hydrogen) atoms. The molecule has 1 unspecified atom stereocenters. The van der Waals surface area contributed by atoms with Crippen LogP contribution in [-0.2, 0) is 32.6 Å². The number of benzene rings is 3. The molecule has 0 aliphatic rings. The van der Waals surface area contributed by atoms with Crippen molar-refractivity contribution in [3.63, 3.8) is 0 Å². The number of hydrogen-bond donors (Lipinski definition) is 1. The summed E-state index contributed by atoms with van der Waals surface area (Å²) in [4.78, 5) is 29.5. The summed E-state index contributed by atoms with van der Waals surface area (Å²) in [6.07, 6.45) is 1.25. The second-order valence-corrected chi connectivity index (χ2v) is 13.4. The molecule has 0 bridgehead atoms. The third-order valence-corrected chi connectivity index (χ3v) is 7.66. The topological polar surface area (TPSA) is 96.0 Å². The average molecular weight is 600 g/mol. The van der Waals surface area contributed by atoms with Gasteiger partial charge in [-0.1, -0.05) is 71.8 Å². The first-order valence-electron chi connectivity index (χ1n) is 13.2. The van der Waals surface area contributed by atoms with Crippen molar-refractivity contribution >= 4 is 39.1 Å². The lowest BCUT2D eigenvalue weighted by Gasteiger charge is -2.35. The van der Waals surface area contributed by atoms with Gasteiger partial charge in [-0.25, -0.2) is 8.42 Å².